The number of phenols is 3. The zero-order valence-corrected chi connectivity index (χ0v) is 37.8. The molecule has 1 aliphatic carbocycles. The number of rotatable bonds is 5. The van der Waals surface area contributed by atoms with Crippen molar-refractivity contribution in [3.05, 3.63) is 52.8 Å². The van der Waals surface area contributed by atoms with Crippen molar-refractivity contribution in [3.8, 4) is 23.0 Å². The normalized spacial score (nSPS) is 31.0. The van der Waals surface area contributed by atoms with E-state index in [1.54, 1.807) is 39.8 Å². The van der Waals surface area contributed by atoms with Crippen molar-refractivity contribution < 1.29 is 58.9 Å². The summed E-state index contributed by atoms with van der Waals surface area (Å²) in [7, 11) is 1.44. The minimum Gasteiger partial charge on any atom is -0.507 e. The Kier molecular flexibility index (Phi) is 14.5. The van der Waals surface area contributed by atoms with Crippen molar-refractivity contribution in [2.45, 2.75) is 117 Å². The van der Waals surface area contributed by atoms with Crippen LogP contribution in [0, 0.1) is 30.6 Å². The largest absolute Gasteiger partial charge is 0.507 e. The molecule has 6 N–H and O–H groups in total. The summed E-state index contributed by atoms with van der Waals surface area (Å²) in [4.78, 5) is 43.2. The molecule has 4 aliphatic heterocycles. The summed E-state index contributed by atoms with van der Waals surface area (Å²) in [5, 5.41) is 67.6. The topological polar surface area (TPSA) is 220 Å². The monoisotopic (exact) mass is 876 g/mol. The lowest BCUT2D eigenvalue weighted by molar-refractivity contribution is -0.160. The summed E-state index contributed by atoms with van der Waals surface area (Å²) in [6.45, 7) is 15.4. The van der Waals surface area contributed by atoms with Crippen LogP contribution >= 0.6 is 0 Å². The Morgan fingerprint density at radius 2 is 1.59 bits per heavy atom. The summed E-state index contributed by atoms with van der Waals surface area (Å²) >= 11 is 0. The molecule has 344 valence electrons. The number of hydrazone groups is 1. The van der Waals surface area contributed by atoms with E-state index in [0.29, 0.717) is 19.1 Å². The van der Waals surface area contributed by atoms with E-state index in [9.17, 15) is 39.9 Å². The van der Waals surface area contributed by atoms with E-state index in [2.05, 4.69) is 15.3 Å². The number of anilines is 1. The van der Waals surface area contributed by atoms with Gasteiger partial charge in [-0.2, -0.15) is 5.10 Å². The number of carbonyl (C=O) groups is 3. The van der Waals surface area contributed by atoms with Gasteiger partial charge in [0.15, 0.2) is 5.75 Å². The molecule has 0 unspecified atom stereocenters. The summed E-state index contributed by atoms with van der Waals surface area (Å²) in [5.41, 5.74) is -0.293. The second kappa shape index (κ2) is 19.3. The molecule has 1 saturated carbocycles. The fraction of sp³-hybridized carbons (Fsp3) is 0.574. The summed E-state index contributed by atoms with van der Waals surface area (Å²) < 4.78 is 23.7. The van der Waals surface area contributed by atoms with Gasteiger partial charge in [-0.1, -0.05) is 58.8 Å². The second-order valence-corrected chi connectivity index (χ2v) is 17.8. The SMILES string of the molecule is CO[C@H]1C=CO[C@@]2(C)Oc3c(C)c(O)c4c(O)c(c(C=NN5CCN(C6CCCC6)CC5)c(O)c4c3C2=O)NC(=O)C(C)=C/C=C/[C@H](C)[C@H](O)[C@@H](C)[C@@H](O)[C@@H](C)[C@H](OC(C)=O)[C@@H]1C. The highest BCUT2D eigenvalue weighted by atomic mass is 16.7. The summed E-state index contributed by atoms with van der Waals surface area (Å²) in [5.74, 6) is -8.28. The molecular formula is C47H64N4O12. The van der Waals surface area contributed by atoms with Gasteiger partial charge in [0, 0.05) is 93.4 Å². The van der Waals surface area contributed by atoms with E-state index >= 15 is 0 Å². The van der Waals surface area contributed by atoms with Gasteiger partial charge in [0.25, 0.3) is 11.7 Å². The van der Waals surface area contributed by atoms with Gasteiger partial charge in [-0.3, -0.25) is 24.3 Å². The molecule has 0 spiro atoms. The van der Waals surface area contributed by atoms with Crippen molar-refractivity contribution in [3.63, 3.8) is 0 Å². The highest BCUT2D eigenvalue weighted by Crippen LogP contribution is 2.55. The standard InChI is InChI=1S/C47H64N4O12/c1-24-13-12-14-25(2)46(59)49-37-32(23-48-51-20-18-50(19-21-51)31-15-10-11-16-31)41(56)34-35(42(37)57)40(55)29(6)44-36(34)45(58)47(8,63-44)61-22-17-33(60-9)26(3)43(62-30(7)52)28(5)39(54)27(4)38(24)53/h12-14,17,22-24,26-28,31,33,38-39,43,53-57H,10-11,15-16,18-21H2,1-9H3,(H,49,59)/b13-12+,22-17?,25-14?,48-23?/t24-,26+,27+,28+,33-,38-,39+,43+,47-/m0/s1. The number of ketones is 1. The van der Waals surface area contributed by atoms with Crippen LogP contribution in [0.3, 0.4) is 0 Å². The first-order valence-electron chi connectivity index (χ1n) is 21.9. The van der Waals surface area contributed by atoms with Crippen LogP contribution < -0.4 is 10.1 Å². The molecule has 5 bridgehead atoms. The number of fused-ring (bicyclic) bond motifs is 14. The van der Waals surface area contributed by atoms with Crippen LogP contribution in [-0.2, 0) is 23.8 Å². The number of ether oxygens (including phenoxy) is 4. The Morgan fingerprint density at radius 1 is 0.921 bits per heavy atom. The van der Waals surface area contributed by atoms with E-state index in [0.717, 1.165) is 13.1 Å². The van der Waals surface area contributed by atoms with Crippen molar-refractivity contribution in [1.29, 1.82) is 0 Å². The van der Waals surface area contributed by atoms with Gasteiger partial charge in [-0.25, -0.2) is 0 Å². The molecule has 4 heterocycles. The van der Waals surface area contributed by atoms with E-state index < -0.39 is 88.8 Å². The first kappa shape index (κ1) is 47.3. The number of piperazine rings is 1. The number of nitrogens with zero attached hydrogens (tertiary/aromatic N) is 3. The number of nitrogens with one attached hydrogen (secondary N) is 1. The van der Waals surface area contributed by atoms with E-state index in [-0.39, 0.29) is 44.5 Å². The van der Waals surface area contributed by atoms with Crippen LogP contribution in [0.2, 0.25) is 0 Å². The minimum absolute atomic E-state index is 0.0631. The second-order valence-electron chi connectivity index (χ2n) is 17.8. The molecule has 2 fully saturated rings. The highest BCUT2D eigenvalue weighted by molar-refractivity contribution is 6.23. The molecule has 63 heavy (non-hydrogen) atoms. The molecule has 2 aromatic carbocycles. The Balaban J connectivity index is 1.47. The molecule has 2 aromatic rings. The molecule has 0 radical (unpaired) electrons. The Bertz CT molecular complexity index is 2190. The average molecular weight is 877 g/mol. The third-order valence-corrected chi connectivity index (χ3v) is 13.5. The van der Waals surface area contributed by atoms with Crippen molar-refractivity contribution in [2.75, 3.05) is 38.6 Å². The number of carbonyl (C=O) groups excluding carboxylic acids is 3. The third-order valence-electron chi connectivity index (χ3n) is 13.5. The van der Waals surface area contributed by atoms with Crippen LogP contribution in [0.15, 0.2) is 41.2 Å². The molecule has 7 rings (SSSR count). The van der Waals surface area contributed by atoms with E-state index in [1.807, 2.05) is 5.01 Å². The Labute approximate surface area is 368 Å². The van der Waals surface area contributed by atoms with Crippen LogP contribution in [0.4, 0.5) is 5.69 Å². The number of aliphatic hydroxyl groups is 2. The lowest BCUT2D eigenvalue weighted by Gasteiger charge is -2.38. The molecular weight excluding hydrogens is 813 g/mol. The zero-order valence-electron chi connectivity index (χ0n) is 37.8. The minimum atomic E-state index is -2.04. The molecule has 0 aromatic heterocycles. The van der Waals surface area contributed by atoms with Gasteiger partial charge in [0.2, 0.25) is 0 Å². The van der Waals surface area contributed by atoms with Crippen LogP contribution in [0.5, 0.6) is 23.0 Å². The lowest BCUT2D eigenvalue weighted by Crippen LogP contribution is -2.47. The number of amides is 1. The lowest BCUT2D eigenvalue weighted by atomic mass is 9.78. The number of Topliss-reactive ketones (excluding diaryl/α,β-unsaturated/α-hetero) is 1. The quantitative estimate of drug-likeness (QED) is 0.0926. The van der Waals surface area contributed by atoms with Crippen molar-refractivity contribution >= 4 is 40.3 Å². The molecule has 1 amide bonds. The van der Waals surface area contributed by atoms with Gasteiger partial charge in [0.05, 0.1) is 53.0 Å². The van der Waals surface area contributed by atoms with Crippen molar-refractivity contribution in [2.24, 2.45) is 28.8 Å². The predicted octanol–water partition coefficient (Wildman–Crippen LogP) is 5.65. The number of methoxy groups -OCH3 is 1. The van der Waals surface area contributed by atoms with Crippen LogP contribution in [-0.4, -0.2) is 129 Å². The van der Waals surface area contributed by atoms with Gasteiger partial charge in [-0.05, 0) is 32.8 Å². The first-order valence-corrected chi connectivity index (χ1v) is 21.9. The van der Waals surface area contributed by atoms with Crippen LogP contribution in [0.25, 0.3) is 10.8 Å². The fourth-order valence-corrected chi connectivity index (χ4v) is 9.47. The molecule has 1 saturated heterocycles. The predicted molar refractivity (Wildman–Crippen MR) is 237 cm³/mol. The summed E-state index contributed by atoms with van der Waals surface area (Å²) in [6.07, 6.45) is 9.75. The van der Waals surface area contributed by atoms with Gasteiger partial charge < -0.3 is 49.8 Å². The van der Waals surface area contributed by atoms with Gasteiger partial charge in [0.1, 0.15) is 23.4 Å². The van der Waals surface area contributed by atoms with E-state index in [1.165, 1.54) is 85.1 Å². The van der Waals surface area contributed by atoms with E-state index in [4.69, 9.17) is 18.9 Å². The van der Waals surface area contributed by atoms with Crippen LogP contribution in [0.1, 0.15) is 95.6 Å². The number of aromatic hydroxyl groups is 3. The molecule has 16 nitrogen and oxygen atoms in total. The number of hydrogen-bond acceptors (Lipinski definition) is 15. The first-order chi connectivity index (χ1) is 29.8. The Hall–Kier alpha value is -5.16. The smallest absolute Gasteiger partial charge is 0.312 e. The van der Waals surface area contributed by atoms with Gasteiger partial charge in [-0.15, -0.1) is 0 Å². The number of esters is 1. The zero-order chi connectivity index (χ0) is 46.1. The highest BCUT2D eigenvalue weighted by Gasteiger charge is 2.50. The third kappa shape index (κ3) is 9.40. The summed E-state index contributed by atoms with van der Waals surface area (Å²) in [6, 6.07) is 0.553. The molecule has 5 aliphatic rings. The average Bonchev–Trinajstić information content (AvgIpc) is 3.89. The number of phenolic OH excluding ortho intramolecular Hbond substituents is 3. The number of aliphatic hydroxyl groups excluding tert-OH is 2. The van der Waals surface area contributed by atoms with Gasteiger partial charge >= 0.3 is 11.8 Å². The Morgan fingerprint density at radius 3 is 2.22 bits per heavy atom. The number of allylic oxidation sites excluding steroid dienone is 2. The number of hydrogen-bond donors (Lipinski definition) is 6. The number of benzene rings is 2. The molecule has 9 atom stereocenters. The van der Waals surface area contributed by atoms with Crippen molar-refractivity contribution in [1.82, 2.24) is 9.91 Å². The maximum Gasteiger partial charge on any atom is 0.312 e. The molecule has 16 heteroatoms. The maximum absolute atomic E-state index is 14.5. The fourth-order valence-electron chi connectivity index (χ4n) is 9.47. The maximum atomic E-state index is 14.5.